The molecule has 0 amide bonds. The van der Waals surface area contributed by atoms with E-state index in [1.54, 1.807) is 6.92 Å². The van der Waals surface area contributed by atoms with Gasteiger partial charge in [0.05, 0.1) is 0 Å². The Hall–Kier alpha value is -1.57. The summed E-state index contributed by atoms with van der Waals surface area (Å²) >= 11 is 0. The molecule has 0 spiro atoms. The summed E-state index contributed by atoms with van der Waals surface area (Å²) in [6.45, 7) is 6.31. The second-order valence-electron chi connectivity index (χ2n) is 4.06. The van der Waals surface area contributed by atoms with Crippen molar-refractivity contribution < 1.29 is 4.79 Å². The number of benzene rings is 1. The van der Waals surface area contributed by atoms with E-state index in [9.17, 15) is 4.79 Å². The molecule has 0 aliphatic carbocycles. The lowest BCUT2D eigenvalue weighted by atomic mass is 10.1. The zero-order chi connectivity index (χ0) is 12.0. The molecule has 0 heterocycles. The lowest BCUT2D eigenvalue weighted by Gasteiger charge is -2.18. The van der Waals surface area contributed by atoms with Crippen molar-refractivity contribution in [3.05, 3.63) is 42.5 Å². The van der Waals surface area contributed by atoms with E-state index in [1.165, 1.54) is 5.69 Å². The smallest absolute Gasteiger partial charge is 0.158 e. The van der Waals surface area contributed by atoms with Crippen molar-refractivity contribution >= 4 is 11.5 Å². The highest BCUT2D eigenvalue weighted by Gasteiger charge is 2.04. The van der Waals surface area contributed by atoms with Crippen LogP contribution in [0.25, 0.3) is 0 Å². The van der Waals surface area contributed by atoms with Crippen LogP contribution in [0, 0.1) is 0 Å². The second-order valence-corrected chi connectivity index (χ2v) is 4.06. The number of ketones is 1. The van der Waals surface area contributed by atoms with E-state index in [1.807, 2.05) is 25.2 Å². The number of Topliss-reactive ketones (excluding diaryl/α,β-unsaturated/α-hetero) is 1. The Morgan fingerprint density at radius 3 is 2.50 bits per heavy atom. The van der Waals surface area contributed by atoms with Crippen molar-refractivity contribution in [2.45, 2.75) is 19.8 Å². The fourth-order valence-electron chi connectivity index (χ4n) is 1.50. The normalized spacial score (nSPS) is 9.88. The number of rotatable bonds is 6. The van der Waals surface area contributed by atoms with Gasteiger partial charge in [0.25, 0.3) is 0 Å². The first kappa shape index (κ1) is 12.5. The van der Waals surface area contributed by atoms with E-state index in [4.69, 9.17) is 0 Å². The summed E-state index contributed by atoms with van der Waals surface area (Å²) in [5, 5.41) is 0. The van der Waals surface area contributed by atoms with Crippen LogP contribution in [0.4, 0.5) is 5.69 Å². The van der Waals surface area contributed by atoms with Crippen LogP contribution in [0.5, 0.6) is 0 Å². The minimum atomic E-state index is 0.168. The van der Waals surface area contributed by atoms with Crippen molar-refractivity contribution in [2.24, 2.45) is 0 Å². The summed E-state index contributed by atoms with van der Waals surface area (Å²) in [5.74, 6) is 0.168. The molecule has 0 unspecified atom stereocenters. The van der Waals surface area contributed by atoms with Crippen LogP contribution in [0.1, 0.15) is 19.8 Å². The molecule has 0 bridgehead atoms. The molecule has 1 rings (SSSR count). The topological polar surface area (TPSA) is 20.3 Å². The maximum absolute atomic E-state index is 11.3. The van der Waals surface area contributed by atoms with E-state index >= 15 is 0 Å². The molecule has 1 aromatic rings. The maximum atomic E-state index is 11.3. The molecule has 0 N–H and O–H groups in total. The molecule has 2 heteroatoms. The zero-order valence-corrected chi connectivity index (χ0v) is 10.1. The third-order valence-electron chi connectivity index (χ3n) is 2.57. The van der Waals surface area contributed by atoms with Gasteiger partial charge in [-0.25, -0.2) is 0 Å². The molecule has 1 aromatic carbocycles. The summed E-state index contributed by atoms with van der Waals surface area (Å²) in [6, 6.07) is 10.2. The molecule has 86 valence electrons. The number of nitrogens with zero attached hydrogens (tertiary/aromatic N) is 1. The Labute approximate surface area is 97.6 Å². The van der Waals surface area contributed by atoms with E-state index in [0.29, 0.717) is 12.0 Å². The highest BCUT2D eigenvalue weighted by molar-refractivity contribution is 5.94. The van der Waals surface area contributed by atoms with Crippen LogP contribution >= 0.6 is 0 Å². The summed E-state index contributed by atoms with van der Waals surface area (Å²) < 4.78 is 0. The predicted molar refractivity (Wildman–Crippen MR) is 68.8 cm³/mol. The van der Waals surface area contributed by atoms with Gasteiger partial charge >= 0.3 is 0 Å². The van der Waals surface area contributed by atoms with Crippen LogP contribution < -0.4 is 4.90 Å². The minimum Gasteiger partial charge on any atom is -0.375 e. The zero-order valence-electron chi connectivity index (χ0n) is 10.1. The molecular weight excluding hydrogens is 198 g/mol. The maximum Gasteiger partial charge on any atom is 0.158 e. The van der Waals surface area contributed by atoms with E-state index < -0.39 is 0 Å². The van der Waals surface area contributed by atoms with Crippen LogP contribution in [0.15, 0.2) is 42.5 Å². The molecule has 0 fully saturated rings. The van der Waals surface area contributed by atoms with Crippen LogP contribution in [-0.4, -0.2) is 19.4 Å². The number of allylic oxidation sites excluding steroid dienone is 1. The molecule has 0 radical (unpaired) electrons. The monoisotopic (exact) mass is 217 g/mol. The van der Waals surface area contributed by atoms with Crippen molar-refractivity contribution in [3.8, 4) is 0 Å². The SMILES string of the molecule is C=C(C)C(=O)CCCN(C)c1ccccc1. The molecular formula is C14H19NO. The molecule has 0 aliphatic rings. The van der Waals surface area contributed by atoms with Crippen molar-refractivity contribution in [1.82, 2.24) is 0 Å². The van der Waals surface area contributed by atoms with E-state index in [2.05, 4.69) is 23.6 Å². The van der Waals surface area contributed by atoms with Gasteiger partial charge in [0.2, 0.25) is 0 Å². The van der Waals surface area contributed by atoms with Gasteiger partial charge < -0.3 is 4.90 Å². The first-order valence-corrected chi connectivity index (χ1v) is 5.56. The third-order valence-corrected chi connectivity index (χ3v) is 2.57. The number of carbonyl (C=O) groups excluding carboxylic acids is 1. The van der Waals surface area contributed by atoms with Crippen LogP contribution in [0.2, 0.25) is 0 Å². The van der Waals surface area contributed by atoms with Gasteiger partial charge in [-0.05, 0) is 31.1 Å². The Bertz CT molecular complexity index is 356. The number of para-hydroxylation sites is 1. The molecule has 0 aliphatic heterocycles. The second kappa shape index (κ2) is 6.11. The highest BCUT2D eigenvalue weighted by atomic mass is 16.1. The molecule has 0 saturated heterocycles. The Morgan fingerprint density at radius 1 is 1.31 bits per heavy atom. The van der Waals surface area contributed by atoms with Gasteiger partial charge in [-0.1, -0.05) is 24.8 Å². The first-order chi connectivity index (χ1) is 7.61. The minimum absolute atomic E-state index is 0.168. The first-order valence-electron chi connectivity index (χ1n) is 5.56. The summed E-state index contributed by atoms with van der Waals surface area (Å²) in [6.07, 6.45) is 1.46. The number of anilines is 1. The lowest BCUT2D eigenvalue weighted by Crippen LogP contribution is -2.19. The average Bonchev–Trinajstić information content (AvgIpc) is 2.29. The molecule has 16 heavy (non-hydrogen) atoms. The van der Waals surface area contributed by atoms with E-state index in [0.717, 1.165) is 13.0 Å². The third kappa shape index (κ3) is 3.89. The summed E-state index contributed by atoms with van der Waals surface area (Å²) in [7, 11) is 2.04. The summed E-state index contributed by atoms with van der Waals surface area (Å²) in [5.41, 5.74) is 1.84. The Kier molecular flexibility index (Phi) is 4.77. The van der Waals surface area contributed by atoms with Crippen molar-refractivity contribution in [3.63, 3.8) is 0 Å². The highest BCUT2D eigenvalue weighted by Crippen LogP contribution is 2.11. The molecule has 0 atom stereocenters. The van der Waals surface area contributed by atoms with Gasteiger partial charge in [0.15, 0.2) is 5.78 Å². The fraction of sp³-hybridized carbons (Fsp3) is 0.357. The molecule has 2 nitrogen and oxygen atoms in total. The van der Waals surface area contributed by atoms with Gasteiger partial charge in [-0.3, -0.25) is 4.79 Å². The molecule has 0 saturated carbocycles. The van der Waals surface area contributed by atoms with E-state index in [-0.39, 0.29) is 5.78 Å². The quantitative estimate of drug-likeness (QED) is 0.683. The van der Waals surface area contributed by atoms with Crippen LogP contribution in [-0.2, 0) is 4.79 Å². The lowest BCUT2D eigenvalue weighted by molar-refractivity contribution is -0.115. The fourth-order valence-corrected chi connectivity index (χ4v) is 1.50. The van der Waals surface area contributed by atoms with Gasteiger partial charge in [-0.2, -0.15) is 0 Å². The predicted octanol–water partition coefficient (Wildman–Crippen LogP) is 3.05. The van der Waals surface area contributed by atoms with Gasteiger partial charge in [0, 0.05) is 25.7 Å². The average molecular weight is 217 g/mol. The van der Waals surface area contributed by atoms with Crippen molar-refractivity contribution in [1.29, 1.82) is 0 Å². The standard InChI is InChI=1S/C14H19NO/c1-12(2)14(16)10-7-11-15(3)13-8-5-4-6-9-13/h4-6,8-9H,1,7,10-11H2,2-3H3. The van der Waals surface area contributed by atoms with Gasteiger partial charge in [0.1, 0.15) is 0 Å². The molecule has 0 aromatic heterocycles. The number of hydrogen-bond donors (Lipinski definition) is 0. The van der Waals surface area contributed by atoms with Crippen LogP contribution in [0.3, 0.4) is 0 Å². The Balaban J connectivity index is 2.34. The number of carbonyl (C=O) groups is 1. The Morgan fingerprint density at radius 2 is 1.94 bits per heavy atom. The van der Waals surface area contributed by atoms with Gasteiger partial charge in [-0.15, -0.1) is 0 Å². The van der Waals surface area contributed by atoms with Crippen molar-refractivity contribution in [2.75, 3.05) is 18.5 Å². The largest absolute Gasteiger partial charge is 0.375 e. The number of hydrogen-bond acceptors (Lipinski definition) is 2. The summed E-state index contributed by atoms with van der Waals surface area (Å²) in [4.78, 5) is 13.5.